The predicted molar refractivity (Wildman–Crippen MR) is 92.4 cm³/mol. The van der Waals surface area contributed by atoms with Crippen LogP contribution in [0.4, 0.5) is 0 Å². The fourth-order valence-corrected chi connectivity index (χ4v) is 4.11. The predicted octanol–water partition coefficient (Wildman–Crippen LogP) is 2.41. The Hall–Kier alpha value is -1.66. The minimum atomic E-state index is -0.158. The Bertz CT molecular complexity index is 703. The normalized spacial score (nSPS) is 18.2. The Morgan fingerprint density at radius 2 is 2.26 bits per heavy atom. The Balaban J connectivity index is 1.83. The zero-order valence-corrected chi connectivity index (χ0v) is 15.0. The Labute approximate surface area is 141 Å². The lowest BCUT2D eigenvalue weighted by Gasteiger charge is -2.32. The van der Waals surface area contributed by atoms with Gasteiger partial charge in [-0.2, -0.15) is 0 Å². The van der Waals surface area contributed by atoms with Crippen LogP contribution in [0.1, 0.15) is 40.9 Å². The fourth-order valence-electron chi connectivity index (χ4n) is 3.18. The molecule has 0 aromatic carbocycles. The maximum absolute atomic E-state index is 12.6. The molecule has 0 saturated carbocycles. The first-order valence-corrected chi connectivity index (χ1v) is 8.84. The fraction of sp³-hybridized carbons (Fsp3) is 0.529. The van der Waals surface area contributed by atoms with Crippen molar-refractivity contribution in [3.63, 3.8) is 0 Å². The van der Waals surface area contributed by atoms with Crippen molar-refractivity contribution in [2.24, 2.45) is 7.05 Å². The molecule has 1 N–H and O–H groups in total. The second-order valence-corrected chi connectivity index (χ2v) is 7.96. The van der Waals surface area contributed by atoms with Gasteiger partial charge in [0.2, 0.25) is 5.91 Å². The summed E-state index contributed by atoms with van der Waals surface area (Å²) in [6, 6.07) is 4.48. The monoisotopic (exact) mass is 332 g/mol. The van der Waals surface area contributed by atoms with E-state index in [1.807, 2.05) is 43.1 Å². The van der Waals surface area contributed by atoms with Gasteiger partial charge in [0.25, 0.3) is 0 Å². The second-order valence-electron chi connectivity index (χ2n) is 6.59. The maximum atomic E-state index is 12.6. The number of imidazole rings is 1. The molecule has 6 heteroatoms. The van der Waals surface area contributed by atoms with E-state index in [0.717, 1.165) is 31.0 Å². The van der Waals surface area contributed by atoms with Crippen LogP contribution in [0.15, 0.2) is 18.5 Å². The van der Waals surface area contributed by atoms with Crippen molar-refractivity contribution in [1.29, 1.82) is 0 Å². The molecule has 0 aliphatic carbocycles. The molecule has 3 rings (SSSR count). The summed E-state index contributed by atoms with van der Waals surface area (Å²) in [5.41, 5.74) is 2.08. The van der Waals surface area contributed by atoms with Crippen molar-refractivity contribution in [2.75, 3.05) is 6.54 Å². The molecular formula is C17H24N4OS. The summed E-state index contributed by atoms with van der Waals surface area (Å²) >= 11 is 1.82. The average molecular weight is 332 g/mol. The van der Waals surface area contributed by atoms with Gasteiger partial charge in [0.15, 0.2) is 0 Å². The van der Waals surface area contributed by atoms with E-state index in [2.05, 4.69) is 34.3 Å². The molecule has 23 heavy (non-hydrogen) atoms. The number of hydrogen-bond donors (Lipinski definition) is 1. The number of hydrogen-bond acceptors (Lipinski definition) is 4. The molecule has 0 saturated heterocycles. The van der Waals surface area contributed by atoms with Gasteiger partial charge in [-0.1, -0.05) is 0 Å². The summed E-state index contributed by atoms with van der Waals surface area (Å²) in [5.74, 6) is -0.0633. The largest absolute Gasteiger partial charge is 0.353 e. The molecule has 0 fully saturated rings. The molecule has 2 aromatic heterocycles. The summed E-state index contributed by atoms with van der Waals surface area (Å²) in [4.78, 5) is 22.1. The molecule has 5 nitrogen and oxygen atoms in total. The van der Waals surface area contributed by atoms with Crippen molar-refractivity contribution in [3.8, 4) is 0 Å². The van der Waals surface area contributed by atoms with Crippen LogP contribution in [0.5, 0.6) is 0 Å². The quantitative estimate of drug-likeness (QED) is 0.935. The van der Waals surface area contributed by atoms with Gasteiger partial charge in [-0.3, -0.25) is 9.69 Å². The first-order valence-electron chi connectivity index (χ1n) is 8.02. The maximum Gasteiger partial charge on any atom is 0.230 e. The van der Waals surface area contributed by atoms with Gasteiger partial charge < -0.3 is 9.88 Å². The highest BCUT2D eigenvalue weighted by Gasteiger charge is 2.34. The van der Waals surface area contributed by atoms with E-state index >= 15 is 0 Å². The number of nitrogens with zero attached hydrogens (tertiary/aromatic N) is 3. The highest BCUT2D eigenvalue weighted by molar-refractivity contribution is 7.11. The van der Waals surface area contributed by atoms with E-state index in [1.165, 1.54) is 9.75 Å². The van der Waals surface area contributed by atoms with Crippen molar-refractivity contribution >= 4 is 17.2 Å². The molecule has 2 aromatic rings. The summed E-state index contributed by atoms with van der Waals surface area (Å²) in [6.07, 6.45) is 1.82. The molecule has 1 amide bonds. The summed E-state index contributed by atoms with van der Waals surface area (Å²) in [5, 5.41) is 3.05. The lowest BCUT2D eigenvalue weighted by Crippen LogP contribution is -2.43. The number of carbonyl (C=O) groups is 1. The number of carbonyl (C=O) groups excluding carboxylic acids is 1. The highest BCUT2D eigenvalue weighted by Crippen LogP contribution is 2.29. The van der Waals surface area contributed by atoms with Gasteiger partial charge in [0.05, 0.1) is 23.6 Å². The lowest BCUT2D eigenvalue weighted by atomic mass is 9.96. The summed E-state index contributed by atoms with van der Waals surface area (Å²) in [6.45, 7) is 8.54. The van der Waals surface area contributed by atoms with Gasteiger partial charge in [0, 0.05) is 42.5 Å². The van der Waals surface area contributed by atoms with E-state index < -0.39 is 0 Å². The topological polar surface area (TPSA) is 50.2 Å². The number of thiophene rings is 1. The molecule has 1 aliphatic heterocycles. The number of aryl methyl sites for hydroxylation is 2. The third-order valence-electron chi connectivity index (χ3n) is 4.13. The van der Waals surface area contributed by atoms with E-state index in [0.29, 0.717) is 0 Å². The molecular weight excluding hydrogens is 308 g/mol. The minimum Gasteiger partial charge on any atom is -0.353 e. The molecule has 0 unspecified atom stereocenters. The first-order chi connectivity index (χ1) is 10.9. The SMILES string of the molecule is Cc1ccc(CN2Cc3ncn(C)c3[C@H](C(=O)NC(C)C)C2)s1. The van der Waals surface area contributed by atoms with Gasteiger partial charge in [0.1, 0.15) is 0 Å². The summed E-state index contributed by atoms with van der Waals surface area (Å²) < 4.78 is 1.99. The van der Waals surface area contributed by atoms with E-state index in [-0.39, 0.29) is 17.9 Å². The Kier molecular flexibility index (Phi) is 4.55. The van der Waals surface area contributed by atoms with Gasteiger partial charge in [-0.15, -0.1) is 11.3 Å². The van der Waals surface area contributed by atoms with Crippen molar-refractivity contribution in [3.05, 3.63) is 39.6 Å². The lowest BCUT2D eigenvalue weighted by molar-refractivity contribution is -0.124. The minimum absolute atomic E-state index is 0.0944. The average Bonchev–Trinajstić information content (AvgIpc) is 3.04. The highest BCUT2D eigenvalue weighted by atomic mass is 32.1. The summed E-state index contributed by atoms with van der Waals surface area (Å²) in [7, 11) is 1.97. The van der Waals surface area contributed by atoms with Gasteiger partial charge >= 0.3 is 0 Å². The third-order valence-corrected chi connectivity index (χ3v) is 5.11. The van der Waals surface area contributed by atoms with Gasteiger partial charge in [-0.05, 0) is 32.9 Å². The molecule has 0 spiro atoms. The van der Waals surface area contributed by atoms with Crippen LogP contribution in [0.2, 0.25) is 0 Å². The van der Waals surface area contributed by atoms with Crippen LogP contribution in [0.25, 0.3) is 0 Å². The zero-order chi connectivity index (χ0) is 16.6. The molecule has 3 heterocycles. The van der Waals surface area contributed by atoms with Gasteiger partial charge in [-0.25, -0.2) is 4.98 Å². The van der Waals surface area contributed by atoms with E-state index in [4.69, 9.17) is 0 Å². The molecule has 0 radical (unpaired) electrons. The smallest absolute Gasteiger partial charge is 0.230 e. The van der Waals surface area contributed by atoms with Crippen LogP contribution in [-0.4, -0.2) is 32.9 Å². The number of rotatable bonds is 4. The van der Waals surface area contributed by atoms with Crippen molar-refractivity contribution in [2.45, 2.75) is 45.8 Å². The Morgan fingerprint density at radius 1 is 1.48 bits per heavy atom. The molecule has 0 bridgehead atoms. The van der Waals surface area contributed by atoms with Crippen LogP contribution in [-0.2, 0) is 24.9 Å². The number of fused-ring (bicyclic) bond motifs is 1. The molecule has 1 atom stereocenters. The zero-order valence-electron chi connectivity index (χ0n) is 14.2. The van der Waals surface area contributed by atoms with Crippen LogP contribution < -0.4 is 5.32 Å². The molecule has 124 valence electrons. The van der Waals surface area contributed by atoms with E-state index in [1.54, 1.807) is 0 Å². The number of aromatic nitrogens is 2. The third kappa shape index (κ3) is 3.48. The Morgan fingerprint density at radius 3 is 2.91 bits per heavy atom. The van der Waals surface area contributed by atoms with E-state index in [9.17, 15) is 4.79 Å². The van der Waals surface area contributed by atoms with Crippen LogP contribution in [0, 0.1) is 6.92 Å². The standard InChI is InChI=1S/C17H24N4OS/c1-11(2)19-17(22)14-8-21(7-13-6-5-12(3)23-13)9-15-16(14)20(4)10-18-15/h5-6,10-11,14H,7-9H2,1-4H3,(H,19,22)/t14-/m1/s1. The molecule has 1 aliphatic rings. The first kappa shape index (κ1) is 16.2. The second kappa shape index (κ2) is 6.45. The van der Waals surface area contributed by atoms with Crippen LogP contribution >= 0.6 is 11.3 Å². The van der Waals surface area contributed by atoms with Crippen LogP contribution in [0.3, 0.4) is 0 Å². The number of amides is 1. The van der Waals surface area contributed by atoms with Crippen molar-refractivity contribution in [1.82, 2.24) is 19.8 Å². The number of nitrogens with one attached hydrogen (secondary N) is 1. The van der Waals surface area contributed by atoms with Crippen molar-refractivity contribution < 1.29 is 4.79 Å².